The second-order valence-electron chi connectivity index (χ2n) is 6.78. The number of anilines is 2. The third-order valence-electron chi connectivity index (χ3n) is 4.74. The summed E-state index contributed by atoms with van der Waals surface area (Å²) in [5, 5.41) is 7.67. The molecule has 1 fully saturated rings. The van der Waals surface area contributed by atoms with Gasteiger partial charge in [0.2, 0.25) is 0 Å². The molecule has 0 aromatic carbocycles. The lowest BCUT2D eigenvalue weighted by atomic mass is 9.80. The van der Waals surface area contributed by atoms with Gasteiger partial charge in [0.25, 0.3) is 0 Å². The van der Waals surface area contributed by atoms with E-state index < -0.39 is 0 Å². The van der Waals surface area contributed by atoms with Crippen LogP contribution in [0.4, 0.5) is 11.6 Å². The molecule has 0 spiro atoms. The third kappa shape index (κ3) is 3.82. The molecule has 0 unspecified atom stereocenters. The summed E-state index contributed by atoms with van der Waals surface area (Å²) in [7, 11) is 2.03. The molecule has 0 aliphatic heterocycles. The highest BCUT2D eigenvalue weighted by molar-refractivity contribution is 7.09. The summed E-state index contributed by atoms with van der Waals surface area (Å²) in [5.74, 6) is 2.34. The number of nitrogens with one attached hydrogen (secondary N) is 1. The molecule has 26 heavy (non-hydrogen) atoms. The Morgan fingerprint density at radius 2 is 2.19 bits per heavy atom. The number of hydrogen-bond donors (Lipinski definition) is 1. The Kier molecular flexibility index (Phi) is 4.79. The van der Waals surface area contributed by atoms with E-state index in [4.69, 9.17) is 4.98 Å². The Morgan fingerprint density at radius 3 is 2.92 bits per heavy atom. The van der Waals surface area contributed by atoms with Gasteiger partial charge in [-0.25, -0.2) is 15.0 Å². The Morgan fingerprint density at radius 1 is 1.31 bits per heavy atom. The number of aromatic nitrogens is 6. The van der Waals surface area contributed by atoms with Crippen LogP contribution < -0.4 is 10.2 Å². The number of thiazole rings is 1. The molecule has 0 amide bonds. The fourth-order valence-corrected chi connectivity index (χ4v) is 4.02. The Labute approximate surface area is 156 Å². The van der Waals surface area contributed by atoms with Crippen LogP contribution in [0.2, 0.25) is 0 Å². The lowest BCUT2D eigenvalue weighted by molar-refractivity contribution is 0.240. The van der Waals surface area contributed by atoms with E-state index in [0.717, 1.165) is 43.3 Å². The molecule has 1 saturated carbocycles. The minimum Gasteiger partial charge on any atom is -0.366 e. The monoisotopic (exact) mass is 370 g/mol. The highest BCUT2D eigenvalue weighted by Crippen LogP contribution is 2.31. The van der Waals surface area contributed by atoms with Crippen molar-refractivity contribution < 1.29 is 0 Å². The summed E-state index contributed by atoms with van der Waals surface area (Å²) in [6, 6.07) is 0.446. The molecule has 9 heteroatoms. The summed E-state index contributed by atoms with van der Waals surface area (Å²) in [6.45, 7) is 3.76. The van der Waals surface area contributed by atoms with Gasteiger partial charge in [-0.05, 0) is 25.7 Å². The van der Waals surface area contributed by atoms with Crippen molar-refractivity contribution in [3.63, 3.8) is 0 Å². The lowest BCUT2D eigenvalue weighted by Crippen LogP contribution is -2.38. The largest absolute Gasteiger partial charge is 0.366 e. The molecule has 3 heterocycles. The molecule has 1 N–H and O–H groups in total. The SMILES string of the molecule is Cc1ncsc1CN(C)c1cncc(NC2CC(Cn3cncn3)C2)n1. The first-order valence-electron chi connectivity index (χ1n) is 8.68. The van der Waals surface area contributed by atoms with Crippen molar-refractivity contribution in [1.82, 2.24) is 29.7 Å². The van der Waals surface area contributed by atoms with Crippen LogP contribution in [0.5, 0.6) is 0 Å². The van der Waals surface area contributed by atoms with Gasteiger partial charge in [-0.1, -0.05) is 0 Å². The zero-order valence-corrected chi connectivity index (χ0v) is 15.7. The molecular weight excluding hydrogens is 348 g/mol. The first-order chi connectivity index (χ1) is 12.7. The molecule has 0 saturated heterocycles. The van der Waals surface area contributed by atoms with Crippen LogP contribution in [0.15, 0.2) is 30.6 Å². The van der Waals surface area contributed by atoms with Crippen LogP contribution >= 0.6 is 11.3 Å². The van der Waals surface area contributed by atoms with Gasteiger partial charge in [-0.2, -0.15) is 5.10 Å². The van der Waals surface area contributed by atoms with Gasteiger partial charge in [0.1, 0.15) is 24.3 Å². The van der Waals surface area contributed by atoms with E-state index in [-0.39, 0.29) is 0 Å². The predicted molar refractivity (Wildman–Crippen MR) is 101 cm³/mol. The van der Waals surface area contributed by atoms with Crippen LogP contribution in [0.25, 0.3) is 0 Å². The first-order valence-corrected chi connectivity index (χ1v) is 9.56. The zero-order chi connectivity index (χ0) is 17.9. The van der Waals surface area contributed by atoms with E-state index in [1.807, 2.05) is 24.2 Å². The quantitative estimate of drug-likeness (QED) is 0.683. The normalized spacial score (nSPS) is 19.2. The van der Waals surface area contributed by atoms with E-state index in [0.29, 0.717) is 12.0 Å². The molecule has 3 aromatic rings. The smallest absolute Gasteiger partial charge is 0.149 e. The highest BCUT2D eigenvalue weighted by Gasteiger charge is 2.29. The third-order valence-corrected chi connectivity index (χ3v) is 5.66. The average molecular weight is 370 g/mol. The molecule has 8 nitrogen and oxygen atoms in total. The molecule has 1 aliphatic rings. The van der Waals surface area contributed by atoms with Gasteiger partial charge in [0.15, 0.2) is 0 Å². The van der Waals surface area contributed by atoms with Gasteiger partial charge in [0.05, 0.1) is 30.1 Å². The molecular formula is C17H22N8S. The van der Waals surface area contributed by atoms with Crippen LogP contribution in [-0.2, 0) is 13.1 Å². The van der Waals surface area contributed by atoms with Crippen molar-refractivity contribution in [1.29, 1.82) is 0 Å². The minimum atomic E-state index is 0.446. The summed E-state index contributed by atoms with van der Waals surface area (Å²) in [5.41, 5.74) is 2.96. The fraction of sp³-hybridized carbons (Fsp3) is 0.471. The summed E-state index contributed by atoms with van der Waals surface area (Å²) < 4.78 is 1.90. The molecule has 3 aromatic heterocycles. The maximum absolute atomic E-state index is 4.71. The van der Waals surface area contributed by atoms with Crippen molar-refractivity contribution in [2.24, 2.45) is 5.92 Å². The molecule has 136 valence electrons. The standard InChI is InChI=1S/C17H22N8S/c1-12-15(26-11-20-12)8-24(2)17-6-18-5-16(23-17)22-14-3-13(4-14)7-25-10-19-9-21-25/h5-6,9-11,13-14H,3-4,7-8H2,1-2H3,(H,22,23). The van der Waals surface area contributed by atoms with Gasteiger partial charge in [-0.3, -0.25) is 9.67 Å². The topological polar surface area (TPSA) is 84.7 Å². The molecule has 0 radical (unpaired) electrons. The van der Waals surface area contributed by atoms with Crippen molar-refractivity contribution in [2.75, 3.05) is 17.3 Å². The van der Waals surface area contributed by atoms with Crippen molar-refractivity contribution in [2.45, 2.75) is 38.9 Å². The molecule has 4 rings (SSSR count). The first kappa shape index (κ1) is 16.9. The van der Waals surface area contributed by atoms with Crippen molar-refractivity contribution in [3.8, 4) is 0 Å². The Hall–Kier alpha value is -2.55. The van der Waals surface area contributed by atoms with Gasteiger partial charge >= 0.3 is 0 Å². The zero-order valence-electron chi connectivity index (χ0n) is 14.9. The maximum atomic E-state index is 4.71. The second-order valence-corrected chi connectivity index (χ2v) is 7.72. The van der Waals surface area contributed by atoms with Gasteiger partial charge in [0, 0.05) is 24.5 Å². The average Bonchev–Trinajstić information content (AvgIpc) is 3.25. The van der Waals surface area contributed by atoms with E-state index in [1.165, 1.54) is 4.88 Å². The predicted octanol–water partition coefficient (Wildman–Crippen LogP) is 2.36. The van der Waals surface area contributed by atoms with Crippen LogP contribution in [0.3, 0.4) is 0 Å². The summed E-state index contributed by atoms with van der Waals surface area (Å²) >= 11 is 1.67. The van der Waals surface area contributed by atoms with E-state index in [2.05, 4.69) is 30.3 Å². The minimum absolute atomic E-state index is 0.446. The number of hydrogen-bond acceptors (Lipinski definition) is 8. The number of aryl methyl sites for hydroxylation is 1. The van der Waals surface area contributed by atoms with Crippen molar-refractivity contribution in [3.05, 3.63) is 41.1 Å². The van der Waals surface area contributed by atoms with Crippen LogP contribution in [0.1, 0.15) is 23.4 Å². The van der Waals surface area contributed by atoms with E-state index in [1.54, 1.807) is 36.4 Å². The fourth-order valence-electron chi connectivity index (χ4n) is 3.19. The summed E-state index contributed by atoms with van der Waals surface area (Å²) in [4.78, 5) is 20.7. The van der Waals surface area contributed by atoms with Crippen molar-refractivity contribution >= 4 is 23.0 Å². The molecule has 1 aliphatic carbocycles. The summed E-state index contributed by atoms with van der Waals surface area (Å²) in [6.07, 6.45) is 9.18. The lowest BCUT2D eigenvalue weighted by Gasteiger charge is -2.36. The Balaban J connectivity index is 1.31. The van der Waals surface area contributed by atoms with Gasteiger partial charge < -0.3 is 10.2 Å². The van der Waals surface area contributed by atoms with E-state index in [9.17, 15) is 0 Å². The Bertz CT molecular complexity index is 840. The van der Waals surface area contributed by atoms with E-state index >= 15 is 0 Å². The van der Waals surface area contributed by atoms with Gasteiger partial charge in [-0.15, -0.1) is 11.3 Å². The maximum Gasteiger partial charge on any atom is 0.149 e. The molecule has 0 bridgehead atoms. The number of nitrogens with zero attached hydrogens (tertiary/aromatic N) is 7. The highest BCUT2D eigenvalue weighted by atomic mass is 32.1. The second kappa shape index (κ2) is 7.36. The van der Waals surface area contributed by atoms with Crippen LogP contribution in [-0.4, -0.2) is 42.8 Å². The molecule has 0 atom stereocenters. The van der Waals surface area contributed by atoms with Crippen LogP contribution in [0, 0.1) is 12.8 Å². The number of rotatable bonds is 7.